The van der Waals surface area contributed by atoms with E-state index in [0.29, 0.717) is 22.6 Å². The van der Waals surface area contributed by atoms with Gasteiger partial charge in [-0.05, 0) is 34.7 Å². The minimum absolute atomic E-state index is 0.399. The summed E-state index contributed by atoms with van der Waals surface area (Å²) in [5, 5.41) is 0. The molecule has 0 N–H and O–H groups in total. The molecule has 0 nitrogen and oxygen atoms in total. The van der Waals surface area contributed by atoms with Gasteiger partial charge in [0.05, 0.1) is 0 Å². The lowest BCUT2D eigenvalue weighted by molar-refractivity contribution is -0.389. The molecule has 155 valence electrons. The molecule has 0 spiro atoms. The van der Waals surface area contributed by atoms with Crippen LogP contribution in [-0.2, 0) is 11.6 Å². The molecule has 0 saturated heterocycles. The Balaban J connectivity index is 3.89. The van der Waals surface area contributed by atoms with Crippen molar-refractivity contribution in [1.82, 2.24) is 0 Å². The normalized spacial score (nSPS) is 17.0. The molecule has 0 aliphatic heterocycles. The van der Waals surface area contributed by atoms with Crippen LogP contribution in [0, 0.1) is 9.64 Å². The summed E-state index contributed by atoms with van der Waals surface area (Å²) in [6, 6.07) is -0.315. The lowest BCUT2D eigenvalue weighted by Gasteiger charge is -2.36. The van der Waals surface area contributed by atoms with Gasteiger partial charge in [0.2, 0.25) is 0 Å². The van der Waals surface area contributed by atoms with E-state index < -0.39 is 62.9 Å². The van der Waals surface area contributed by atoms with Crippen molar-refractivity contribution in [2.24, 2.45) is 0 Å². The Hall–Kier alpha value is -1.03. The summed E-state index contributed by atoms with van der Waals surface area (Å²) in [5.74, 6) is -13.2. The average Bonchev–Trinajstić information content (AvgIpc) is 2.41. The highest BCUT2D eigenvalue weighted by Crippen LogP contribution is 2.59. The highest BCUT2D eigenvalue weighted by Gasteiger charge is 2.82. The van der Waals surface area contributed by atoms with E-state index in [2.05, 4.69) is 0 Å². The van der Waals surface area contributed by atoms with Gasteiger partial charge in [-0.1, -0.05) is 0 Å². The Kier molecular flexibility index (Phi) is 5.78. The van der Waals surface area contributed by atoms with Crippen LogP contribution in [-0.4, -0.2) is 24.5 Å². The second-order valence-electron chi connectivity index (χ2n) is 4.93. The summed E-state index contributed by atoms with van der Waals surface area (Å²) in [6.45, 7) is 0. The molecule has 0 heterocycles. The van der Waals surface area contributed by atoms with Gasteiger partial charge >= 0.3 is 36.0 Å². The van der Waals surface area contributed by atoms with E-state index in [1.165, 1.54) is 0 Å². The maximum absolute atomic E-state index is 14.2. The molecule has 1 radical (unpaired) electrons. The summed E-state index contributed by atoms with van der Waals surface area (Å²) < 4.78 is 179. The first-order valence-corrected chi connectivity index (χ1v) is 7.07. The number of halogens is 15. The lowest BCUT2D eigenvalue weighted by atomic mass is 9.86. The standard InChI is InChI=1S/C12H2F14I/c13-7(10(18,19)20,9(16,17)12(24,25)26)4-1-5(3-6(27)2-4)8(14,15)11(21,22)23/h1-2H. The van der Waals surface area contributed by atoms with Gasteiger partial charge in [-0.3, -0.25) is 0 Å². The molecule has 1 unspecified atom stereocenters. The van der Waals surface area contributed by atoms with Crippen molar-refractivity contribution in [2.75, 3.05) is 0 Å². The minimum Gasteiger partial charge on any atom is -0.221 e. The molecule has 0 amide bonds. The first kappa shape index (κ1) is 24.0. The van der Waals surface area contributed by atoms with Crippen LogP contribution in [0.5, 0.6) is 0 Å². The second kappa shape index (κ2) is 6.50. The molecule has 1 aromatic carbocycles. The molecule has 0 aliphatic carbocycles. The molecule has 1 rings (SSSR count). The molecular weight excluding hydrogens is 537 g/mol. The topological polar surface area (TPSA) is 0 Å². The van der Waals surface area contributed by atoms with E-state index >= 15 is 0 Å². The zero-order valence-corrected chi connectivity index (χ0v) is 14.0. The van der Waals surface area contributed by atoms with Crippen LogP contribution in [0.2, 0.25) is 0 Å². The zero-order valence-electron chi connectivity index (χ0n) is 11.8. The summed E-state index contributed by atoms with van der Waals surface area (Å²) in [6.07, 6.45) is -20.7. The number of rotatable bonds is 3. The summed E-state index contributed by atoms with van der Waals surface area (Å²) in [4.78, 5) is 0. The zero-order chi connectivity index (χ0) is 21.9. The summed E-state index contributed by atoms with van der Waals surface area (Å²) in [5.41, 5.74) is -12.0. The van der Waals surface area contributed by atoms with Gasteiger partial charge in [-0.25, -0.2) is 4.39 Å². The van der Waals surface area contributed by atoms with Crippen LogP contribution in [0.3, 0.4) is 0 Å². The largest absolute Gasteiger partial charge is 0.458 e. The van der Waals surface area contributed by atoms with Crippen LogP contribution in [0.1, 0.15) is 11.1 Å². The smallest absolute Gasteiger partial charge is 0.221 e. The predicted molar refractivity (Wildman–Crippen MR) is 67.8 cm³/mol. The molecule has 1 aromatic rings. The molecule has 0 fully saturated rings. The first-order chi connectivity index (χ1) is 11.6. The third-order valence-corrected chi connectivity index (χ3v) is 3.69. The molecule has 15 heteroatoms. The number of benzene rings is 1. The van der Waals surface area contributed by atoms with Crippen LogP contribution in [0.15, 0.2) is 12.1 Å². The van der Waals surface area contributed by atoms with E-state index in [9.17, 15) is 61.5 Å². The molecule has 27 heavy (non-hydrogen) atoms. The Morgan fingerprint density at radius 1 is 0.630 bits per heavy atom. The van der Waals surface area contributed by atoms with E-state index in [0.717, 1.165) is 6.07 Å². The fourth-order valence-electron chi connectivity index (χ4n) is 1.77. The van der Waals surface area contributed by atoms with Crippen molar-refractivity contribution in [3.05, 3.63) is 32.9 Å². The summed E-state index contributed by atoms with van der Waals surface area (Å²) in [7, 11) is 0. The highest BCUT2D eigenvalue weighted by molar-refractivity contribution is 14.1. The molecule has 0 aliphatic rings. The van der Waals surface area contributed by atoms with Gasteiger partial charge < -0.3 is 0 Å². The van der Waals surface area contributed by atoms with Gasteiger partial charge in [0.25, 0.3) is 0 Å². The Morgan fingerprint density at radius 2 is 1.07 bits per heavy atom. The number of hydrogen-bond donors (Lipinski definition) is 0. The quantitative estimate of drug-likeness (QED) is 0.298. The fourth-order valence-corrected chi connectivity index (χ4v) is 2.40. The van der Waals surface area contributed by atoms with Gasteiger partial charge in [-0.15, -0.1) is 0 Å². The average molecular weight is 539 g/mol. The first-order valence-electron chi connectivity index (χ1n) is 5.99. The van der Waals surface area contributed by atoms with Crippen molar-refractivity contribution in [1.29, 1.82) is 0 Å². The van der Waals surface area contributed by atoms with Crippen LogP contribution in [0.25, 0.3) is 0 Å². The van der Waals surface area contributed by atoms with E-state index in [-0.39, 0.29) is 0 Å². The molecular formula is C12H2F14I. The van der Waals surface area contributed by atoms with Crippen LogP contribution < -0.4 is 0 Å². The lowest BCUT2D eigenvalue weighted by Crippen LogP contribution is -2.59. The van der Waals surface area contributed by atoms with Crippen LogP contribution in [0.4, 0.5) is 61.5 Å². The Labute approximate surface area is 153 Å². The van der Waals surface area contributed by atoms with Gasteiger partial charge in [0.1, 0.15) is 0 Å². The maximum atomic E-state index is 14.2. The van der Waals surface area contributed by atoms with Gasteiger partial charge in [0, 0.05) is 20.8 Å². The van der Waals surface area contributed by atoms with E-state index in [1.807, 2.05) is 0 Å². The van der Waals surface area contributed by atoms with Crippen molar-refractivity contribution in [2.45, 2.75) is 36.0 Å². The Morgan fingerprint density at radius 3 is 1.41 bits per heavy atom. The molecule has 1 atom stereocenters. The maximum Gasteiger partial charge on any atom is 0.458 e. The van der Waals surface area contributed by atoms with Crippen molar-refractivity contribution >= 4 is 22.6 Å². The molecule has 0 aromatic heterocycles. The predicted octanol–water partition coefficient (Wildman–Crippen LogP) is 6.67. The number of alkyl halides is 14. The van der Waals surface area contributed by atoms with Crippen LogP contribution >= 0.6 is 22.6 Å². The Bertz CT molecular complexity index is 698. The van der Waals surface area contributed by atoms with Crippen molar-refractivity contribution < 1.29 is 61.5 Å². The molecule has 0 bridgehead atoms. The highest BCUT2D eigenvalue weighted by atomic mass is 127. The molecule has 0 saturated carbocycles. The second-order valence-corrected chi connectivity index (χ2v) is 6.09. The van der Waals surface area contributed by atoms with Crippen molar-refractivity contribution in [3.8, 4) is 0 Å². The van der Waals surface area contributed by atoms with Crippen molar-refractivity contribution in [3.63, 3.8) is 0 Å². The third-order valence-electron chi connectivity index (χ3n) is 3.11. The SMILES string of the molecule is FC(F)(F)C(F)(F)c1[c]c(I)cc(C(F)(C(F)(F)F)C(F)(F)C(F)(F)F)c1. The van der Waals surface area contributed by atoms with Gasteiger partial charge in [0.15, 0.2) is 0 Å². The third kappa shape index (κ3) is 3.79. The van der Waals surface area contributed by atoms with Gasteiger partial charge in [-0.2, -0.15) is 57.1 Å². The fraction of sp³-hybridized carbons (Fsp3) is 0.500. The minimum atomic E-state index is -7.21. The number of hydrogen-bond acceptors (Lipinski definition) is 0. The monoisotopic (exact) mass is 539 g/mol. The van der Waals surface area contributed by atoms with E-state index in [1.54, 1.807) is 0 Å². The summed E-state index contributed by atoms with van der Waals surface area (Å²) >= 11 is 0.700. The van der Waals surface area contributed by atoms with E-state index in [4.69, 9.17) is 0 Å².